The first kappa shape index (κ1) is 14.4. The lowest BCUT2D eigenvalue weighted by Gasteiger charge is -2.10. The smallest absolute Gasteiger partial charge is 0.341 e. The molecule has 1 heterocycles. The summed E-state index contributed by atoms with van der Waals surface area (Å²) in [5.74, 6) is -1.17. The zero-order chi connectivity index (χ0) is 12.9. The average molecular weight is 225 g/mol. The quantitative estimate of drug-likeness (QED) is 0.839. The molecule has 4 nitrogen and oxygen atoms in total. The average Bonchev–Trinajstić information content (AvgIpc) is 2.27. The van der Waals surface area contributed by atoms with Crippen LogP contribution in [0.2, 0.25) is 0 Å². The Hall–Kier alpha value is -1.58. The zero-order valence-corrected chi connectivity index (χ0v) is 10.5. The largest absolute Gasteiger partial charge is 0.477 e. The van der Waals surface area contributed by atoms with Crippen molar-refractivity contribution in [2.45, 2.75) is 41.2 Å². The van der Waals surface area contributed by atoms with Crippen LogP contribution >= 0.6 is 0 Å². The standard InChI is InChI=1S/C10H13NO3.C2H6/c1-4-11-7(3)6(2)5-8(9(11)12)10(13)14;1-2/h5H,4H2,1-3H3,(H,13,14);1-2H3. The molecule has 0 aliphatic heterocycles. The van der Waals surface area contributed by atoms with Gasteiger partial charge in [-0.25, -0.2) is 4.79 Å². The molecule has 0 fully saturated rings. The number of carbonyl (C=O) groups is 1. The monoisotopic (exact) mass is 225 g/mol. The molecular formula is C12H19NO3. The van der Waals surface area contributed by atoms with Crippen molar-refractivity contribution in [3.63, 3.8) is 0 Å². The lowest BCUT2D eigenvalue weighted by atomic mass is 10.1. The maximum absolute atomic E-state index is 11.6. The Kier molecular flexibility index (Phi) is 5.50. The van der Waals surface area contributed by atoms with Crippen LogP contribution in [0.4, 0.5) is 0 Å². The van der Waals surface area contributed by atoms with Gasteiger partial charge in [0.1, 0.15) is 5.56 Å². The van der Waals surface area contributed by atoms with Gasteiger partial charge < -0.3 is 9.67 Å². The van der Waals surface area contributed by atoms with Crippen LogP contribution in [0.1, 0.15) is 42.4 Å². The van der Waals surface area contributed by atoms with Crippen LogP contribution in [-0.2, 0) is 6.54 Å². The van der Waals surface area contributed by atoms with E-state index in [0.29, 0.717) is 6.54 Å². The molecule has 4 heteroatoms. The van der Waals surface area contributed by atoms with E-state index >= 15 is 0 Å². The van der Waals surface area contributed by atoms with Gasteiger partial charge >= 0.3 is 5.97 Å². The van der Waals surface area contributed by atoms with Crippen molar-refractivity contribution in [2.75, 3.05) is 0 Å². The Morgan fingerprint density at radius 2 is 1.88 bits per heavy atom. The fourth-order valence-corrected chi connectivity index (χ4v) is 1.43. The van der Waals surface area contributed by atoms with Crippen LogP contribution in [0.25, 0.3) is 0 Å². The second-order valence-corrected chi connectivity index (χ2v) is 3.18. The molecule has 1 rings (SSSR count). The Bertz CT molecular complexity index is 433. The van der Waals surface area contributed by atoms with Crippen LogP contribution in [0.3, 0.4) is 0 Å². The van der Waals surface area contributed by atoms with Crippen LogP contribution in [0, 0.1) is 13.8 Å². The first-order valence-corrected chi connectivity index (χ1v) is 5.43. The number of carboxylic acids is 1. The molecule has 0 aliphatic rings. The second kappa shape index (κ2) is 6.10. The summed E-state index contributed by atoms with van der Waals surface area (Å²) in [5, 5.41) is 8.79. The van der Waals surface area contributed by atoms with Gasteiger partial charge in [0.15, 0.2) is 0 Å². The van der Waals surface area contributed by atoms with Gasteiger partial charge in [0, 0.05) is 12.2 Å². The van der Waals surface area contributed by atoms with Gasteiger partial charge in [-0.15, -0.1) is 0 Å². The summed E-state index contributed by atoms with van der Waals surface area (Å²) >= 11 is 0. The highest BCUT2D eigenvalue weighted by atomic mass is 16.4. The third-order valence-corrected chi connectivity index (χ3v) is 2.36. The maximum Gasteiger partial charge on any atom is 0.341 e. The molecule has 16 heavy (non-hydrogen) atoms. The van der Waals surface area contributed by atoms with Gasteiger partial charge in [0.05, 0.1) is 0 Å². The van der Waals surface area contributed by atoms with Crippen molar-refractivity contribution in [3.8, 4) is 0 Å². The van der Waals surface area contributed by atoms with E-state index in [2.05, 4.69) is 0 Å². The van der Waals surface area contributed by atoms with E-state index in [1.165, 1.54) is 10.6 Å². The van der Waals surface area contributed by atoms with E-state index in [4.69, 9.17) is 5.11 Å². The third kappa shape index (κ3) is 2.72. The van der Waals surface area contributed by atoms with Crippen molar-refractivity contribution in [3.05, 3.63) is 33.2 Å². The molecule has 0 bridgehead atoms. The first-order valence-electron chi connectivity index (χ1n) is 5.43. The molecule has 1 aromatic heterocycles. The normalized spacial score (nSPS) is 9.31. The number of aromatic carboxylic acids is 1. The van der Waals surface area contributed by atoms with E-state index in [0.717, 1.165) is 11.3 Å². The van der Waals surface area contributed by atoms with Crippen LogP contribution < -0.4 is 5.56 Å². The minimum atomic E-state index is -1.17. The molecule has 0 spiro atoms. The maximum atomic E-state index is 11.6. The van der Waals surface area contributed by atoms with Gasteiger partial charge in [-0.3, -0.25) is 4.79 Å². The highest BCUT2D eigenvalue weighted by Crippen LogP contribution is 2.06. The van der Waals surface area contributed by atoms with Gasteiger partial charge in [0.2, 0.25) is 0 Å². The molecule has 0 saturated heterocycles. The summed E-state index contributed by atoms with van der Waals surface area (Å²) < 4.78 is 1.47. The number of carboxylic acid groups (broad SMARTS) is 1. The number of rotatable bonds is 2. The third-order valence-electron chi connectivity index (χ3n) is 2.36. The predicted molar refractivity (Wildman–Crippen MR) is 64.2 cm³/mol. The highest BCUT2D eigenvalue weighted by Gasteiger charge is 2.13. The van der Waals surface area contributed by atoms with Crippen LogP contribution in [0.5, 0.6) is 0 Å². The van der Waals surface area contributed by atoms with Crippen LogP contribution in [-0.4, -0.2) is 15.6 Å². The molecule has 0 aromatic carbocycles. The van der Waals surface area contributed by atoms with Crippen molar-refractivity contribution in [1.82, 2.24) is 4.57 Å². The van der Waals surface area contributed by atoms with Gasteiger partial charge in [-0.1, -0.05) is 13.8 Å². The molecule has 0 amide bonds. The number of hydrogen-bond donors (Lipinski definition) is 1. The van der Waals surface area contributed by atoms with Crippen molar-refractivity contribution >= 4 is 5.97 Å². The molecule has 0 radical (unpaired) electrons. The molecule has 0 aliphatic carbocycles. The summed E-state index contributed by atoms with van der Waals surface area (Å²) in [6, 6.07) is 1.42. The Morgan fingerprint density at radius 1 is 1.38 bits per heavy atom. The zero-order valence-electron chi connectivity index (χ0n) is 10.5. The minimum Gasteiger partial charge on any atom is -0.477 e. The highest BCUT2D eigenvalue weighted by molar-refractivity contribution is 5.87. The fraction of sp³-hybridized carbons (Fsp3) is 0.500. The Labute approximate surface area is 95.5 Å². The van der Waals surface area contributed by atoms with Gasteiger partial charge in [-0.2, -0.15) is 0 Å². The summed E-state index contributed by atoms with van der Waals surface area (Å²) in [6.45, 7) is 9.92. The number of nitrogens with zero attached hydrogens (tertiary/aromatic N) is 1. The second-order valence-electron chi connectivity index (χ2n) is 3.18. The lowest BCUT2D eigenvalue weighted by Crippen LogP contribution is -2.28. The lowest BCUT2D eigenvalue weighted by molar-refractivity contribution is 0.0694. The molecular weight excluding hydrogens is 206 g/mol. The summed E-state index contributed by atoms with van der Waals surface area (Å²) in [6.07, 6.45) is 0. The van der Waals surface area contributed by atoms with Crippen molar-refractivity contribution in [2.24, 2.45) is 0 Å². The predicted octanol–water partition coefficient (Wildman–Crippen LogP) is 2.21. The van der Waals surface area contributed by atoms with Crippen molar-refractivity contribution < 1.29 is 9.90 Å². The number of pyridine rings is 1. The fourth-order valence-electron chi connectivity index (χ4n) is 1.43. The van der Waals surface area contributed by atoms with Gasteiger partial charge in [-0.05, 0) is 32.4 Å². The molecule has 1 aromatic rings. The summed E-state index contributed by atoms with van der Waals surface area (Å²) in [5.41, 5.74) is 1.06. The minimum absolute atomic E-state index is 0.157. The number of hydrogen-bond acceptors (Lipinski definition) is 2. The molecule has 90 valence electrons. The Morgan fingerprint density at radius 3 is 2.25 bits per heavy atom. The van der Waals surface area contributed by atoms with E-state index in [-0.39, 0.29) is 5.56 Å². The van der Waals surface area contributed by atoms with Crippen LogP contribution in [0.15, 0.2) is 10.9 Å². The summed E-state index contributed by atoms with van der Waals surface area (Å²) in [4.78, 5) is 22.3. The van der Waals surface area contributed by atoms with E-state index in [9.17, 15) is 9.59 Å². The molecule has 0 atom stereocenters. The van der Waals surface area contributed by atoms with E-state index in [1.54, 1.807) is 6.92 Å². The van der Waals surface area contributed by atoms with Crippen molar-refractivity contribution in [1.29, 1.82) is 0 Å². The van der Waals surface area contributed by atoms with Gasteiger partial charge in [0.25, 0.3) is 5.56 Å². The Balaban J connectivity index is 0.00000106. The first-order chi connectivity index (χ1) is 7.49. The van der Waals surface area contributed by atoms with E-state index in [1.807, 2.05) is 27.7 Å². The number of aryl methyl sites for hydroxylation is 1. The molecule has 1 N–H and O–H groups in total. The summed E-state index contributed by atoms with van der Waals surface area (Å²) in [7, 11) is 0. The van der Waals surface area contributed by atoms with E-state index < -0.39 is 11.5 Å². The molecule has 0 unspecified atom stereocenters. The SMILES string of the molecule is CC.CCn1c(C)c(C)cc(C(=O)O)c1=O. The number of aromatic nitrogens is 1. The molecule has 0 saturated carbocycles. The topological polar surface area (TPSA) is 59.3 Å².